The second-order valence-electron chi connectivity index (χ2n) is 4.72. The fraction of sp³-hybridized carbons (Fsp3) is 0.571. The van der Waals surface area contributed by atoms with Crippen molar-refractivity contribution in [2.75, 3.05) is 18.5 Å². The third-order valence-corrected chi connectivity index (χ3v) is 3.26. The van der Waals surface area contributed by atoms with Crippen LogP contribution in [0.3, 0.4) is 0 Å². The second-order valence-corrected chi connectivity index (χ2v) is 4.72. The highest BCUT2D eigenvalue weighted by Gasteiger charge is 2.18. The summed E-state index contributed by atoms with van der Waals surface area (Å²) in [5.41, 5.74) is 3.63. The van der Waals surface area contributed by atoms with E-state index in [9.17, 15) is 9.50 Å². The van der Waals surface area contributed by atoms with Gasteiger partial charge in [0.2, 0.25) is 0 Å². The number of fused-ring (bicyclic) bond motifs is 1. The molecule has 0 spiro atoms. The van der Waals surface area contributed by atoms with Gasteiger partial charge >= 0.3 is 0 Å². The van der Waals surface area contributed by atoms with Gasteiger partial charge in [-0.3, -0.25) is 4.39 Å². The fourth-order valence-corrected chi connectivity index (χ4v) is 2.33. The van der Waals surface area contributed by atoms with Gasteiger partial charge in [-0.2, -0.15) is 0 Å². The Balaban J connectivity index is 1.80. The molecule has 0 fully saturated rings. The Hall–Kier alpha value is -1.09. The summed E-state index contributed by atoms with van der Waals surface area (Å²) in [4.78, 5) is 0. The molecule has 1 aromatic carbocycles. The molecule has 2 nitrogen and oxygen atoms in total. The highest BCUT2D eigenvalue weighted by molar-refractivity contribution is 5.50. The van der Waals surface area contributed by atoms with E-state index in [1.807, 2.05) is 0 Å². The van der Waals surface area contributed by atoms with Crippen LogP contribution in [-0.4, -0.2) is 24.4 Å². The molecule has 1 aromatic rings. The van der Waals surface area contributed by atoms with E-state index in [2.05, 4.69) is 23.5 Å². The quantitative estimate of drug-likeness (QED) is 0.746. The molecule has 0 heterocycles. The minimum absolute atomic E-state index is 0.204. The Morgan fingerprint density at radius 1 is 1.18 bits per heavy atom. The Labute approximate surface area is 102 Å². The van der Waals surface area contributed by atoms with Crippen LogP contribution in [0.15, 0.2) is 18.2 Å². The molecule has 2 N–H and O–H groups in total. The van der Waals surface area contributed by atoms with Crippen molar-refractivity contribution in [3.63, 3.8) is 0 Å². The van der Waals surface area contributed by atoms with Gasteiger partial charge in [0.05, 0.1) is 12.8 Å². The summed E-state index contributed by atoms with van der Waals surface area (Å²) in [6.07, 6.45) is 3.96. The first-order valence-corrected chi connectivity index (χ1v) is 6.39. The van der Waals surface area contributed by atoms with Gasteiger partial charge in [-0.15, -0.1) is 0 Å². The number of aliphatic hydroxyl groups is 1. The first-order chi connectivity index (χ1) is 8.29. The number of rotatable bonds is 6. The average Bonchev–Trinajstić information content (AvgIpc) is 2.68. The van der Waals surface area contributed by atoms with Crippen molar-refractivity contribution in [3.05, 3.63) is 29.3 Å². The molecule has 1 aliphatic carbocycles. The van der Waals surface area contributed by atoms with E-state index >= 15 is 0 Å². The number of halogens is 1. The fourth-order valence-electron chi connectivity index (χ4n) is 2.33. The number of unbranched alkanes of at least 4 members (excludes halogenated alkanes) is 2. The van der Waals surface area contributed by atoms with Gasteiger partial charge in [-0.25, -0.2) is 0 Å². The number of alkyl halides is 1. The van der Waals surface area contributed by atoms with Crippen LogP contribution in [0.4, 0.5) is 10.1 Å². The predicted octanol–water partition coefficient (Wildman–Crippen LogP) is 2.70. The van der Waals surface area contributed by atoms with Crippen molar-refractivity contribution in [2.45, 2.75) is 38.2 Å². The van der Waals surface area contributed by atoms with Crippen molar-refractivity contribution in [1.29, 1.82) is 0 Å². The van der Waals surface area contributed by atoms with Gasteiger partial charge in [-0.05, 0) is 55.4 Å². The summed E-state index contributed by atoms with van der Waals surface area (Å²) in [6, 6.07) is 6.28. The standard InChI is InChI=1S/C14H20FNO/c15-6-2-1-3-7-16-13-5-4-11-9-14(17)10-12(11)8-13/h4-5,8,14,16-17H,1-3,6-7,9-10H2. The third kappa shape index (κ3) is 3.43. The lowest BCUT2D eigenvalue weighted by atomic mass is 10.1. The van der Waals surface area contributed by atoms with E-state index < -0.39 is 0 Å². The number of aliphatic hydroxyl groups excluding tert-OH is 1. The third-order valence-electron chi connectivity index (χ3n) is 3.26. The molecular weight excluding hydrogens is 217 g/mol. The smallest absolute Gasteiger partial charge is 0.0894 e. The lowest BCUT2D eigenvalue weighted by Gasteiger charge is -2.07. The van der Waals surface area contributed by atoms with E-state index in [4.69, 9.17) is 0 Å². The first-order valence-electron chi connectivity index (χ1n) is 6.39. The SMILES string of the molecule is OC1Cc2ccc(NCCCCCF)cc2C1. The summed E-state index contributed by atoms with van der Waals surface area (Å²) in [6.45, 7) is 0.679. The summed E-state index contributed by atoms with van der Waals surface area (Å²) in [7, 11) is 0. The van der Waals surface area contributed by atoms with Gasteiger partial charge in [0.1, 0.15) is 0 Å². The molecule has 1 aliphatic rings. The average molecular weight is 237 g/mol. The number of hydrogen-bond donors (Lipinski definition) is 2. The number of nitrogens with one attached hydrogen (secondary N) is 1. The van der Waals surface area contributed by atoms with Crippen LogP contribution >= 0.6 is 0 Å². The lowest BCUT2D eigenvalue weighted by Crippen LogP contribution is -2.03. The van der Waals surface area contributed by atoms with Gasteiger partial charge < -0.3 is 10.4 Å². The molecule has 0 amide bonds. The van der Waals surface area contributed by atoms with E-state index in [0.29, 0.717) is 6.42 Å². The Kier molecular flexibility index (Phi) is 4.37. The Bertz CT molecular complexity index is 367. The lowest BCUT2D eigenvalue weighted by molar-refractivity contribution is 0.187. The first kappa shape index (κ1) is 12.4. The molecule has 0 saturated carbocycles. The molecule has 0 saturated heterocycles. The van der Waals surface area contributed by atoms with Crippen molar-refractivity contribution >= 4 is 5.69 Å². The molecule has 0 aliphatic heterocycles. The molecule has 0 radical (unpaired) electrons. The monoisotopic (exact) mass is 237 g/mol. The molecule has 1 unspecified atom stereocenters. The maximum absolute atomic E-state index is 11.9. The van der Waals surface area contributed by atoms with E-state index in [0.717, 1.165) is 37.9 Å². The van der Waals surface area contributed by atoms with E-state index in [1.165, 1.54) is 11.1 Å². The molecular formula is C14H20FNO. The highest BCUT2D eigenvalue weighted by atomic mass is 19.1. The van der Waals surface area contributed by atoms with E-state index in [1.54, 1.807) is 0 Å². The van der Waals surface area contributed by atoms with Crippen LogP contribution < -0.4 is 5.32 Å². The summed E-state index contributed by atoms with van der Waals surface area (Å²) >= 11 is 0. The van der Waals surface area contributed by atoms with Crippen LogP contribution in [0.1, 0.15) is 30.4 Å². The maximum atomic E-state index is 11.9. The molecule has 1 atom stereocenters. The van der Waals surface area contributed by atoms with Crippen molar-refractivity contribution in [3.8, 4) is 0 Å². The van der Waals surface area contributed by atoms with Gasteiger partial charge in [0.25, 0.3) is 0 Å². The van der Waals surface area contributed by atoms with Crippen molar-refractivity contribution in [2.24, 2.45) is 0 Å². The largest absolute Gasteiger partial charge is 0.392 e. The molecule has 17 heavy (non-hydrogen) atoms. The van der Waals surface area contributed by atoms with E-state index in [-0.39, 0.29) is 12.8 Å². The van der Waals surface area contributed by atoms with Crippen LogP contribution in [0.5, 0.6) is 0 Å². The highest BCUT2D eigenvalue weighted by Crippen LogP contribution is 2.25. The normalized spacial score (nSPS) is 18.1. The molecule has 2 rings (SSSR count). The molecule has 94 valence electrons. The van der Waals surface area contributed by atoms with Crippen LogP contribution in [0.25, 0.3) is 0 Å². The Morgan fingerprint density at radius 3 is 2.82 bits per heavy atom. The molecule has 0 bridgehead atoms. The maximum Gasteiger partial charge on any atom is 0.0894 e. The predicted molar refractivity (Wildman–Crippen MR) is 68.2 cm³/mol. The van der Waals surface area contributed by atoms with Crippen LogP contribution in [0.2, 0.25) is 0 Å². The summed E-state index contributed by atoms with van der Waals surface area (Å²) in [5.74, 6) is 0. The zero-order chi connectivity index (χ0) is 12.1. The van der Waals surface area contributed by atoms with Crippen LogP contribution in [-0.2, 0) is 12.8 Å². The van der Waals surface area contributed by atoms with Crippen LogP contribution in [0, 0.1) is 0 Å². The van der Waals surface area contributed by atoms with Gasteiger partial charge in [0, 0.05) is 12.2 Å². The zero-order valence-electron chi connectivity index (χ0n) is 10.1. The molecule has 0 aromatic heterocycles. The Morgan fingerprint density at radius 2 is 2.00 bits per heavy atom. The topological polar surface area (TPSA) is 32.3 Å². The molecule has 3 heteroatoms. The zero-order valence-corrected chi connectivity index (χ0v) is 10.1. The number of benzene rings is 1. The summed E-state index contributed by atoms with van der Waals surface area (Å²) in [5, 5.41) is 12.9. The number of hydrogen-bond acceptors (Lipinski definition) is 2. The van der Waals surface area contributed by atoms with Crippen molar-refractivity contribution < 1.29 is 9.50 Å². The van der Waals surface area contributed by atoms with Gasteiger partial charge in [0.15, 0.2) is 0 Å². The van der Waals surface area contributed by atoms with Crippen molar-refractivity contribution in [1.82, 2.24) is 0 Å². The minimum Gasteiger partial charge on any atom is -0.392 e. The summed E-state index contributed by atoms with van der Waals surface area (Å²) < 4.78 is 11.9. The second kappa shape index (κ2) is 6.01. The van der Waals surface area contributed by atoms with Gasteiger partial charge in [-0.1, -0.05) is 6.07 Å². The number of anilines is 1. The minimum atomic E-state index is -0.212.